The first-order valence-electron chi connectivity index (χ1n) is 2.12. The van der Waals surface area contributed by atoms with E-state index in [-0.39, 0.29) is 3.71 Å². The van der Waals surface area contributed by atoms with E-state index >= 15 is 0 Å². The standard InChI is InChI=1S/C2H8N2O4S2/c1-4(9(2,5)6)10(3,7)8/h1-2H3,(H2,3,7,8). The van der Waals surface area contributed by atoms with Gasteiger partial charge in [-0.25, -0.2) is 13.6 Å². The topological polar surface area (TPSA) is 97.5 Å². The molecule has 0 saturated heterocycles. The molecule has 62 valence electrons. The molecule has 0 radical (unpaired) electrons. The van der Waals surface area contributed by atoms with Crippen molar-refractivity contribution in [1.29, 1.82) is 0 Å². The Morgan fingerprint density at radius 1 is 1.20 bits per heavy atom. The summed E-state index contributed by atoms with van der Waals surface area (Å²) in [4.78, 5) is 0. The van der Waals surface area contributed by atoms with Gasteiger partial charge in [0.05, 0.1) is 6.26 Å². The first-order chi connectivity index (χ1) is 4.15. The zero-order valence-corrected chi connectivity index (χ0v) is 7.11. The largest absolute Gasteiger partial charge is 0.289 e. The van der Waals surface area contributed by atoms with Crippen molar-refractivity contribution in [3.63, 3.8) is 0 Å². The predicted molar refractivity (Wildman–Crippen MR) is 35.7 cm³/mol. The van der Waals surface area contributed by atoms with E-state index < -0.39 is 20.2 Å². The molecular weight excluding hydrogens is 180 g/mol. The highest BCUT2D eigenvalue weighted by Crippen LogP contribution is 1.95. The summed E-state index contributed by atoms with van der Waals surface area (Å²) < 4.78 is 41.6. The van der Waals surface area contributed by atoms with Crippen molar-refractivity contribution in [2.75, 3.05) is 13.3 Å². The summed E-state index contributed by atoms with van der Waals surface area (Å²) in [5.41, 5.74) is 0. The Bertz CT molecular complexity index is 268. The van der Waals surface area contributed by atoms with Crippen LogP contribution >= 0.6 is 0 Å². The molecule has 0 atom stereocenters. The van der Waals surface area contributed by atoms with Crippen LogP contribution in [-0.2, 0) is 20.2 Å². The lowest BCUT2D eigenvalue weighted by atomic mass is 11.6. The van der Waals surface area contributed by atoms with Crippen molar-refractivity contribution >= 4 is 20.2 Å². The van der Waals surface area contributed by atoms with E-state index in [0.29, 0.717) is 0 Å². The average molecular weight is 188 g/mol. The Kier molecular flexibility index (Phi) is 2.41. The summed E-state index contributed by atoms with van der Waals surface area (Å²) in [5, 5.41) is 4.48. The molecule has 0 bridgehead atoms. The molecule has 0 aromatic rings. The third-order valence-corrected chi connectivity index (χ3v) is 3.91. The Hall–Kier alpha value is -0.180. The van der Waals surface area contributed by atoms with Crippen LogP contribution in [0, 0.1) is 0 Å². The molecule has 0 aromatic carbocycles. The van der Waals surface area contributed by atoms with Crippen LogP contribution in [0.1, 0.15) is 0 Å². The fourth-order valence-corrected chi connectivity index (χ4v) is 1.70. The molecular formula is C2H8N2O4S2. The van der Waals surface area contributed by atoms with E-state index in [0.717, 1.165) is 13.3 Å². The molecule has 0 aromatic heterocycles. The number of hydrogen-bond donors (Lipinski definition) is 1. The van der Waals surface area contributed by atoms with Crippen LogP contribution in [0.3, 0.4) is 0 Å². The second-order valence-corrected chi connectivity index (χ2v) is 5.51. The van der Waals surface area contributed by atoms with Gasteiger partial charge in [0.25, 0.3) is 10.2 Å². The lowest BCUT2D eigenvalue weighted by molar-refractivity contribution is 0.531. The Labute approximate surface area is 59.9 Å². The van der Waals surface area contributed by atoms with Gasteiger partial charge in [-0.3, -0.25) is 0 Å². The smallest absolute Gasteiger partial charge is 0.215 e. The van der Waals surface area contributed by atoms with E-state index in [1.807, 2.05) is 0 Å². The molecule has 0 heterocycles. The predicted octanol–water partition coefficient (Wildman–Crippen LogP) is -1.92. The number of rotatable bonds is 2. The highest BCUT2D eigenvalue weighted by Gasteiger charge is 2.21. The Morgan fingerprint density at radius 3 is 1.50 bits per heavy atom. The Morgan fingerprint density at radius 2 is 1.50 bits per heavy atom. The van der Waals surface area contributed by atoms with Crippen LogP contribution in [0.4, 0.5) is 0 Å². The van der Waals surface area contributed by atoms with Crippen LogP contribution in [0.5, 0.6) is 0 Å². The zero-order chi connectivity index (χ0) is 8.58. The minimum Gasteiger partial charge on any atom is -0.215 e. The van der Waals surface area contributed by atoms with Crippen molar-refractivity contribution in [1.82, 2.24) is 3.71 Å². The summed E-state index contributed by atoms with van der Waals surface area (Å²) in [5.74, 6) is 0. The monoisotopic (exact) mass is 188 g/mol. The van der Waals surface area contributed by atoms with Crippen molar-refractivity contribution in [2.24, 2.45) is 5.14 Å². The van der Waals surface area contributed by atoms with Crippen molar-refractivity contribution in [2.45, 2.75) is 0 Å². The van der Waals surface area contributed by atoms with Gasteiger partial charge >= 0.3 is 0 Å². The van der Waals surface area contributed by atoms with Crippen LogP contribution in [0.25, 0.3) is 0 Å². The van der Waals surface area contributed by atoms with Crippen LogP contribution in [0.2, 0.25) is 0 Å². The normalized spacial score (nSPS) is 14.0. The van der Waals surface area contributed by atoms with Gasteiger partial charge in [-0.2, -0.15) is 8.42 Å². The number of nitrogens with two attached hydrogens (primary N) is 1. The molecule has 0 aliphatic heterocycles. The van der Waals surface area contributed by atoms with Gasteiger partial charge in [0.1, 0.15) is 0 Å². The minimum absolute atomic E-state index is 0.0972. The first-order valence-corrected chi connectivity index (χ1v) is 5.47. The summed E-state index contributed by atoms with van der Waals surface area (Å²) in [6, 6.07) is 0. The third-order valence-electron chi connectivity index (χ3n) is 0.825. The fourth-order valence-electron chi connectivity index (χ4n) is 0.189. The summed E-state index contributed by atoms with van der Waals surface area (Å²) >= 11 is 0. The van der Waals surface area contributed by atoms with E-state index in [1.54, 1.807) is 0 Å². The number of nitrogens with zero attached hydrogens (tertiary/aromatic N) is 1. The Balaban J connectivity index is 4.94. The van der Waals surface area contributed by atoms with E-state index in [4.69, 9.17) is 0 Å². The number of hydrogen-bond acceptors (Lipinski definition) is 4. The maximum Gasteiger partial charge on any atom is 0.289 e. The van der Waals surface area contributed by atoms with Crippen LogP contribution < -0.4 is 5.14 Å². The molecule has 6 nitrogen and oxygen atoms in total. The fraction of sp³-hybridized carbons (Fsp3) is 1.00. The van der Waals surface area contributed by atoms with Gasteiger partial charge in [0.2, 0.25) is 10.0 Å². The van der Waals surface area contributed by atoms with Gasteiger partial charge in [-0.1, -0.05) is 3.71 Å². The van der Waals surface area contributed by atoms with Crippen LogP contribution in [0.15, 0.2) is 0 Å². The maximum absolute atomic E-state index is 10.4. The SMILES string of the molecule is CN(S(C)(=O)=O)S(N)(=O)=O. The lowest BCUT2D eigenvalue weighted by Crippen LogP contribution is -2.37. The quantitative estimate of drug-likeness (QED) is 0.546. The zero-order valence-electron chi connectivity index (χ0n) is 5.47. The lowest BCUT2D eigenvalue weighted by Gasteiger charge is -2.08. The van der Waals surface area contributed by atoms with E-state index in [2.05, 4.69) is 5.14 Å². The molecule has 0 spiro atoms. The maximum atomic E-state index is 10.4. The van der Waals surface area contributed by atoms with Gasteiger partial charge in [-0.15, -0.1) is 0 Å². The number of sulfonamides is 1. The molecule has 0 aliphatic rings. The summed E-state index contributed by atoms with van der Waals surface area (Å²) in [6.07, 6.45) is 0.747. The molecule has 0 saturated carbocycles. The van der Waals surface area contributed by atoms with E-state index in [1.165, 1.54) is 0 Å². The van der Waals surface area contributed by atoms with Crippen molar-refractivity contribution in [3.05, 3.63) is 0 Å². The first kappa shape index (κ1) is 9.82. The molecule has 10 heavy (non-hydrogen) atoms. The van der Waals surface area contributed by atoms with Gasteiger partial charge < -0.3 is 0 Å². The van der Waals surface area contributed by atoms with Crippen molar-refractivity contribution < 1.29 is 16.8 Å². The summed E-state index contributed by atoms with van der Waals surface area (Å²) in [6.45, 7) is 0. The minimum atomic E-state index is -4.12. The molecule has 0 aliphatic carbocycles. The molecule has 2 N–H and O–H groups in total. The molecule has 0 fully saturated rings. The van der Waals surface area contributed by atoms with Crippen molar-refractivity contribution in [3.8, 4) is 0 Å². The second-order valence-electron chi connectivity index (χ2n) is 1.69. The molecule has 0 rings (SSSR count). The van der Waals surface area contributed by atoms with Gasteiger partial charge in [0.15, 0.2) is 0 Å². The van der Waals surface area contributed by atoms with Gasteiger partial charge in [0, 0.05) is 7.05 Å². The highest BCUT2D eigenvalue weighted by atomic mass is 32.3. The molecule has 0 amide bonds. The molecule has 8 heteroatoms. The highest BCUT2D eigenvalue weighted by molar-refractivity contribution is 8.02. The second kappa shape index (κ2) is 2.46. The van der Waals surface area contributed by atoms with Gasteiger partial charge in [-0.05, 0) is 0 Å². The summed E-state index contributed by atoms with van der Waals surface area (Å²) in [7, 11) is -6.99. The average Bonchev–Trinajstić information content (AvgIpc) is 1.59. The third kappa shape index (κ3) is 2.60. The van der Waals surface area contributed by atoms with E-state index in [9.17, 15) is 16.8 Å². The molecule has 0 unspecified atom stereocenters. The van der Waals surface area contributed by atoms with Crippen LogP contribution in [-0.4, -0.2) is 33.8 Å².